The Balaban J connectivity index is 2.20. The summed E-state index contributed by atoms with van der Waals surface area (Å²) in [4.78, 5) is 6.67. The molecule has 2 rings (SSSR count). The molecule has 2 aromatic heterocycles. The highest BCUT2D eigenvalue weighted by Gasteiger charge is 2.12. The number of aryl methyl sites for hydroxylation is 1. The molecule has 0 saturated carbocycles. The van der Waals surface area contributed by atoms with Gasteiger partial charge in [0.05, 0.1) is 18.0 Å². The Labute approximate surface area is 113 Å². The zero-order valence-corrected chi connectivity index (χ0v) is 11.3. The Kier molecular flexibility index (Phi) is 4.90. The van der Waals surface area contributed by atoms with E-state index in [0.717, 1.165) is 36.5 Å². The van der Waals surface area contributed by atoms with Crippen LogP contribution in [-0.4, -0.2) is 50.8 Å². The maximum absolute atomic E-state index is 9.12. The second-order valence-corrected chi connectivity index (χ2v) is 4.65. The molecule has 5 nitrogen and oxygen atoms in total. The van der Waals surface area contributed by atoms with Gasteiger partial charge < -0.3 is 14.6 Å². The first-order chi connectivity index (χ1) is 9.26. The normalized spacial score (nSPS) is 11.6. The number of aromatic nitrogens is 2. The molecule has 0 unspecified atom stereocenters. The van der Waals surface area contributed by atoms with Crippen molar-refractivity contribution in [2.24, 2.45) is 0 Å². The smallest absolute Gasteiger partial charge is 0.137 e. The summed E-state index contributed by atoms with van der Waals surface area (Å²) in [6, 6.07) is 5.95. The number of aliphatic hydroxyl groups excluding tert-OH is 2. The maximum atomic E-state index is 9.12. The monoisotopic (exact) mass is 263 g/mol. The highest BCUT2D eigenvalue weighted by atomic mass is 16.3. The Morgan fingerprint density at radius 1 is 1.21 bits per heavy atom. The van der Waals surface area contributed by atoms with Gasteiger partial charge in [0, 0.05) is 32.4 Å². The third-order valence-electron chi connectivity index (χ3n) is 3.25. The first-order valence-corrected chi connectivity index (χ1v) is 6.63. The summed E-state index contributed by atoms with van der Waals surface area (Å²) in [6.07, 6.45) is 2.73. The van der Waals surface area contributed by atoms with E-state index in [9.17, 15) is 0 Å². The van der Waals surface area contributed by atoms with Crippen LogP contribution in [0, 0.1) is 6.92 Å². The fourth-order valence-corrected chi connectivity index (χ4v) is 2.27. The van der Waals surface area contributed by atoms with Gasteiger partial charge in [-0.05, 0) is 25.5 Å². The van der Waals surface area contributed by atoms with Gasteiger partial charge in [-0.3, -0.25) is 4.90 Å². The van der Waals surface area contributed by atoms with Gasteiger partial charge in [-0.15, -0.1) is 0 Å². The minimum Gasteiger partial charge on any atom is -0.396 e. The molecule has 104 valence electrons. The summed E-state index contributed by atoms with van der Waals surface area (Å²) in [5.41, 5.74) is 3.10. The number of rotatable bonds is 7. The number of fused-ring (bicyclic) bond motifs is 1. The molecule has 0 saturated heterocycles. The van der Waals surface area contributed by atoms with Crippen molar-refractivity contribution < 1.29 is 10.2 Å². The molecule has 0 aliphatic carbocycles. The van der Waals surface area contributed by atoms with Gasteiger partial charge >= 0.3 is 0 Å². The van der Waals surface area contributed by atoms with E-state index >= 15 is 0 Å². The lowest BCUT2D eigenvalue weighted by molar-refractivity contribution is 0.172. The number of hydrogen-bond acceptors (Lipinski definition) is 4. The van der Waals surface area contributed by atoms with Crippen LogP contribution in [0.1, 0.15) is 17.8 Å². The van der Waals surface area contributed by atoms with E-state index in [4.69, 9.17) is 10.2 Å². The predicted octanol–water partition coefficient (Wildman–Crippen LogP) is 0.819. The van der Waals surface area contributed by atoms with Gasteiger partial charge in [0.1, 0.15) is 5.65 Å². The van der Waals surface area contributed by atoms with Crippen molar-refractivity contribution in [1.29, 1.82) is 0 Å². The fraction of sp³-hybridized carbons (Fsp3) is 0.500. The minimum absolute atomic E-state index is 0.126. The van der Waals surface area contributed by atoms with E-state index in [0.29, 0.717) is 6.54 Å². The number of aliphatic hydroxyl groups is 2. The standard InChI is InChI=1S/C14H21N3O2/c1-12-13(11-16(8-10-19)6-4-9-18)17-7-3-2-5-14(17)15-12/h2-3,5,7,18-19H,4,6,8-11H2,1H3. The highest BCUT2D eigenvalue weighted by Crippen LogP contribution is 2.14. The number of hydrogen-bond donors (Lipinski definition) is 2. The zero-order valence-electron chi connectivity index (χ0n) is 11.3. The van der Waals surface area contributed by atoms with Crippen LogP contribution in [0.15, 0.2) is 24.4 Å². The van der Waals surface area contributed by atoms with E-state index in [2.05, 4.69) is 14.3 Å². The number of nitrogens with zero attached hydrogens (tertiary/aromatic N) is 3. The molecule has 5 heteroatoms. The van der Waals surface area contributed by atoms with Gasteiger partial charge in [0.15, 0.2) is 0 Å². The molecular weight excluding hydrogens is 242 g/mol. The Bertz CT molecular complexity index is 524. The van der Waals surface area contributed by atoms with Crippen molar-refractivity contribution in [2.75, 3.05) is 26.3 Å². The Morgan fingerprint density at radius 3 is 2.79 bits per heavy atom. The second kappa shape index (κ2) is 6.65. The van der Waals surface area contributed by atoms with Crippen molar-refractivity contribution in [1.82, 2.24) is 14.3 Å². The molecule has 2 N–H and O–H groups in total. The van der Waals surface area contributed by atoms with Gasteiger partial charge in [-0.1, -0.05) is 6.07 Å². The molecular formula is C14H21N3O2. The molecule has 0 amide bonds. The molecule has 0 aromatic carbocycles. The molecule has 0 radical (unpaired) electrons. The van der Waals surface area contributed by atoms with E-state index in [-0.39, 0.29) is 13.2 Å². The lowest BCUT2D eigenvalue weighted by Gasteiger charge is -2.21. The molecule has 0 atom stereocenters. The molecule has 0 aliphatic heterocycles. The van der Waals surface area contributed by atoms with Crippen LogP contribution in [0.5, 0.6) is 0 Å². The summed E-state index contributed by atoms with van der Waals surface area (Å²) in [5.74, 6) is 0. The van der Waals surface area contributed by atoms with Crippen LogP contribution in [0.2, 0.25) is 0 Å². The largest absolute Gasteiger partial charge is 0.396 e. The molecule has 0 aliphatic rings. The van der Waals surface area contributed by atoms with E-state index in [1.165, 1.54) is 0 Å². The Morgan fingerprint density at radius 2 is 2.05 bits per heavy atom. The maximum Gasteiger partial charge on any atom is 0.137 e. The van der Waals surface area contributed by atoms with E-state index in [1.807, 2.05) is 31.3 Å². The lowest BCUT2D eigenvalue weighted by Crippen LogP contribution is -2.29. The first kappa shape index (κ1) is 14.0. The molecule has 19 heavy (non-hydrogen) atoms. The minimum atomic E-state index is 0.126. The third kappa shape index (κ3) is 3.32. The van der Waals surface area contributed by atoms with Crippen LogP contribution < -0.4 is 0 Å². The average molecular weight is 263 g/mol. The summed E-state index contributed by atoms with van der Waals surface area (Å²) in [7, 11) is 0. The average Bonchev–Trinajstić information content (AvgIpc) is 2.73. The van der Waals surface area contributed by atoms with Crippen LogP contribution in [0.3, 0.4) is 0 Å². The van der Waals surface area contributed by atoms with Crippen molar-refractivity contribution in [3.05, 3.63) is 35.8 Å². The zero-order chi connectivity index (χ0) is 13.7. The lowest BCUT2D eigenvalue weighted by atomic mass is 10.3. The molecule has 0 bridgehead atoms. The topological polar surface area (TPSA) is 61.0 Å². The van der Waals surface area contributed by atoms with E-state index in [1.54, 1.807) is 0 Å². The van der Waals surface area contributed by atoms with Crippen LogP contribution in [0.25, 0.3) is 5.65 Å². The van der Waals surface area contributed by atoms with Gasteiger partial charge in [0.2, 0.25) is 0 Å². The molecule has 0 fully saturated rings. The highest BCUT2D eigenvalue weighted by molar-refractivity contribution is 5.42. The van der Waals surface area contributed by atoms with Crippen LogP contribution >= 0.6 is 0 Å². The summed E-state index contributed by atoms with van der Waals surface area (Å²) < 4.78 is 2.08. The fourth-order valence-electron chi connectivity index (χ4n) is 2.27. The second-order valence-electron chi connectivity index (χ2n) is 4.65. The first-order valence-electron chi connectivity index (χ1n) is 6.63. The number of pyridine rings is 1. The summed E-state index contributed by atoms with van der Waals surface area (Å²) in [6.45, 7) is 4.43. The summed E-state index contributed by atoms with van der Waals surface area (Å²) >= 11 is 0. The molecule has 2 heterocycles. The van der Waals surface area contributed by atoms with Gasteiger partial charge in [-0.25, -0.2) is 4.98 Å². The SMILES string of the molecule is Cc1nc2ccccn2c1CN(CCO)CCCO. The van der Waals surface area contributed by atoms with Crippen LogP contribution in [-0.2, 0) is 6.54 Å². The number of imidazole rings is 1. The van der Waals surface area contributed by atoms with Crippen molar-refractivity contribution in [3.63, 3.8) is 0 Å². The van der Waals surface area contributed by atoms with Crippen molar-refractivity contribution >= 4 is 5.65 Å². The predicted molar refractivity (Wildman–Crippen MR) is 74.0 cm³/mol. The summed E-state index contributed by atoms with van der Waals surface area (Å²) in [5, 5.41) is 18.0. The van der Waals surface area contributed by atoms with Crippen molar-refractivity contribution in [3.8, 4) is 0 Å². The molecule has 2 aromatic rings. The van der Waals surface area contributed by atoms with Gasteiger partial charge in [0.25, 0.3) is 0 Å². The van der Waals surface area contributed by atoms with Gasteiger partial charge in [-0.2, -0.15) is 0 Å². The molecule has 0 spiro atoms. The van der Waals surface area contributed by atoms with Crippen molar-refractivity contribution in [2.45, 2.75) is 19.9 Å². The Hall–Kier alpha value is -1.43. The quantitative estimate of drug-likeness (QED) is 0.776. The third-order valence-corrected chi connectivity index (χ3v) is 3.25. The van der Waals surface area contributed by atoms with E-state index < -0.39 is 0 Å². The van der Waals surface area contributed by atoms with Crippen LogP contribution in [0.4, 0.5) is 0 Å².